The monoisotopic (exact) mass is 490 g/mol. The molecular formula is C18H21Cl2IN4. The Morgan fingerprint density at radius 1 is 1.28 bits per heavy atom. The number of aromatic nitrogens is 1. The van der Waals surface area contributed by atoms with E-state index in [4.69, 9.17) is 23.2 Å². The number of benzene rings is 1. The van der Waals surface area contributed by atoms with Crippen LogP contribution >= 0.6 is 47.2 Å². The van der Waals surface area contributed by atoms with Gasteiger partial charge in [-0.15, -0.1) is 24.0 Å². The summed E-state index contributed by atoms with van der Waals surface area (Å²) < 4.78 is 0. The van der Waals surface area contributed by atoms with Crippen molar-refractivity contribution < 1.29 is 0 Å². The molecule has 1 aliphatic carbocycles. The average Bonchev–Trinajstić information content (AvgIpc) is 3.35. The van der Waals surface area contributed by atoms with Gasteiger partial charge >= 0.3 is 0 Å². The first-order chi connectivity index (χ1) is 11.7. The van der Waals surface area contributed by atoms with Crippen molar-refractivity contribution in [3.63, 3.8) is 0 Å². The second-order valence-electron chi connectivity index (χ2n) is 5.89. The van der Waals surface area contributed by atoms with Crippen LogP contribution in [0.15, 0.2) is 47.6 Å². The molecule has 134 valence electrons. The van der Waals surface area contributed by atoms with Crippen molar-refractivity contribution >= 4 is 53.1 Å². The summed E-state index contributed by atoms with van der Waals surface area (Å²) in [5.74, 6) is 1.33. The Balaban J connectivity index is 0.00000225. The van der Waals surface area contributed by atoms with Crippen LogP contribution in [0.3, 0.4) is 0 Å². The van der Waals surface area contributed by atoms with Gasteiger partial charge in [0.15, 0.2) is 5.96 Å². The summed E-state index contributed by atoms with van der Waals surface area (Å²) in [6.45, 7) is 0.789. The maximum absolute atomic E-state index is 6.06. The third-order valence-electron chi connectivity index (χ3n) is 4.11. The Kier molecular flexibility index (Phi) is 7.78. The standard InChI is InChI=1S/C18H20Cl2N4.HI/c1-21-18(22-8-7-12-5-6-17(20)23-11-12)24-16-10-15(16)13-3-2-4-14(19)9-13;/h2-6,9,11,15-16H,7-8,10H2,1H3,(H2,21,22,24);1H. The topological polar surface area (TPSA) is 49.3 Å². The van der Waals surface area contributed by atoms with Gasteiger partial charge in [0.25, 0.3) is 0 Å². The fourth-order valence-corrected chi connectivity index (χ4v) is 3.02. The summed E-state index contributed by atoms with van der Waals surface area (Å²) in [7, 11) is 1.79. The second kappa shape index (κ2) is 9.59. The molecule has 0 aliphatic heterocycles. The van der Waals surface area contributed by atoms with Crippen molar-refractivity contribution in [1.29, 1.82) is 0 Å². The molecule has 1 saturated carbocycles. The van der Waals surface area contributed by atoms with E-state index in [1.807, 2.05) is 30.3 Å². The van der Waals surface area contributed by atoms with Gasteiger partial charge in [0.2, 0.25) is 0 Å². The molecule has 3 rings (SSSR count). The van der Waals surface area contributed by atoms with E-state index in [0.29, 0.717) is 17.1 Å². The fourth-order valence-electron chi connectivity index (χ4n) is 2.71. The summed E-state index contributed by atoms with van der Waals surface area (Å²) in [5, 5.41) is 8.11. The molecule has 4 nitrogen and oxygen atoms in total. The van der Waals surface area contributed by atoms with E-state index in [0.717, 1.165) is 35.9 Å². The number of nitrogens with one attached hydrogen (secondary N) is 2. The van der Waals surface area contributed by atoms with Crippen molar-refractivity contribution in [2.45, 2.75) is 24.8 Å². The molecule has 2 atom stereocenters. The van der Waals surface area contributed by atoms with Gasteiger partial charge in [-0.3, -0.25) is 4.99 Å². The SMILES string of the molecule is CN=C(NCCc1ccc(Cl)nc1)NC1CC1c1cccc(Cl)c1.I. The van der Waals surface area contributed by atoms with E-state index >= 15 is 0 Å². The van der Waals surface area contributed by atoms with Crippen LogP contribution in [0, 0.1) is 0 Å². The Hall–Kier alpha value is -1.05. The molecule has 2 N–H and O–H groups in total. The highest BCUT2D eigenvalue weighted by atomic mass is 127. The van der Waals surface area contributed by atoms with Crippen molar-refractivity contribution in [2.75, 3.05) is 13.6 Å². The fraction of sp³-hybridized carbons (Fsp3) is 0.333. The van der Waals surface area contributed by atoms with E-state index < -0.39 is 0 Å². The van der Waals surface area contributed by atoms with E-state index in [9.17, 15) is 0 Å². The first-order valence-corrected chi connectivity index (χ1v) is 8.74. The van der Waals surface area contributed by atoms with E-state index in [2.05, 4.69) is 26.7 Å². The quantitative estimate of drug-likeness (QED) is 0.285. The molecule has 2 aromatic rings. The minimum atomic E-state index is 0. The molecule has 1 heterocycles. The maximum Gasteiger partial charge on any atom is 0.191 e. The molecule has 7 heteroatoms. The lowest BCUT2D eigenvalue weighted by atomic mass is 10.1. The van der Waals surface area contributed by atoms with Gasteiger partial charge in [-0.25, -0.2) is 4.98 Å². The minimum absolute atomic E-state index is 0. The maximum atomic E-state index is 6.06. The zero-order chi connectivity index (χ0) is 16.9. The van der Waals surface area contributed by atoms with Gasteiger partial charge in [0.1, 0.15) is 5.15 Å². The van der Waals surface area contributed by atoms with Crippen LogP contribution in [-0.4, -0.2) is 30.6 Å². The molecule has 1 aliphatic rings. The molecule has 0 bridgehead atoms. The Morgan fingerprint density at radius 3 is 2.80 bits per heavy atom. The summed E-state index contributed by atoms with van der Waals surface area (Å²) in [6.07, 6.45) is 3.77. The summed E-state index contributed by atoms with van der Waals surface area (Å²) in [6, 6.07) is 12.3. The smallest absolute Gasteiger partial charge is 0.191 e. The molecule has 1 fully saturated rings. The number of pyridine rings is 1. The van der Waals surface area contributed by atoms with Crippen molar-refractivity contribution in [3.05, 3.63) is 63.9 Å². The Bertz CT molecular complexity index is 721. The number of nitrogens with zero attached hydrogens (tertiary/aromatic N) is 2. The largest absolute Gasteiger partial charge is 0.356 e. The first-order valence-electron chi connectivity index (χ1n) is 7.99. The average molecular weight is 491 g/mol. The van der Waals surface area contributed by atoms with Crippen LogP contribution in [0.4, 0.5) is 0 Å². The van der Waals surface area contributed by atoms with Gasteiger partial charge in [-0.1, -0.05) is 41.4 Å². The van der Waals surface area contributed by atoms with Gasteiger partial charge < -0.3 is 10.6 Å². The van der Waals surface area contributed by atoms with Gasteiger partial charge in [0, 0.05) is 36.8 Å². The minimum Gasteiger partial charge on any atom is -0.356 e. The summed E-state index contributed by atoms with van der Waals surface area (Å²) in [4.78, 5) is 8.38. The second-order valence-corrected chi connectivity index (χ2v) is 6.71. The van der Waals surface area contributed by atoms with Crippen LogP contribution in [-0.2, 0) is 6.42 Å². The number of guanidine groups is 1. The first kappa shape index (κ1) is 20.3. The lowest BCUT2D eigenvalue weighted by Gasteiger charge is -2.12. The number of rotatable bonds is 5. The number of halogens is 3. The third-order valence-corrected chi connectivity index (χ3v) is 4.57. The highest BCUT2D eigenvalue weighted by Gasteiger charge is 2.39. The molecule has 0 radical (unpaired) electrons. The molecule has 2 unspecified atom stereocenters. The lowest BCUT2D eigenvalue weighted by Crippen LogP contribution is -2.39. The highest BCUT2D eigenvalue weighted by molar-refractivity contribution is 14.0. The Morgan fingerprint density at radius 2 is 2.12 bits per heavy atom. The van der Waals surface area contributed by atoms with E-state index in [-0.39, 0.29) is 24.0 Å². The number of hydrogen-bond acceptors (Lipinski definition) is 2. The van der Waals surface area contributed by atoms with Crippen LogP contribution in [0.2, 0.25) is 10.2 Å². The Labute approximate surface area is 175 Å². The predicted octanol–water partition coefficient (Wildman–Crippen LogP) is 4.27. The number of aliphatic imine (C=N–C) groups is 1. The molecule has 0 spiro atoms. The molecule has 1 aromatic heterocycles. The summed E-state index contributed by atoms with van der Waals surface area (Å²) in [5.41, 5.74) is 2.42. The van der Waals surface area contributed by atoms with Crippen LogP contribution in [0.25, 0.3) is 0 Å². The predicted molar refractivity (Wildman–Crippen MR) is 115 cm³/mol. The van der Waals surface area contributed by atoms with Crippen molar-refractivity contribution in [2.24, 2.45) is 4.99 Å². The van der Waals surface area contributed by atoms with Crippen molar-refractivity contribution in [3.8, 4) is 0 Å². The third kappa shape index (κ3) is 6.01. The molecular weight excluding hydrogens is 470 g/mol. The molecule has 0 saturated heterocycles. The van der Waals surface area contributed by atoms with Gasteiger partial charge in [-0.05, 0) is 42.2 Å². The van der Waals surface area contributed by atoms with E-state index in [1.54, 1.807) is 13.2 Å². The van der Waals surface area contributed by atoms with Crippen LogP contribution < -0.4 is 10.6 Å². The lowest BCUT2D eigenvalue weighted by molar-refractivity contribution is 0.778. The van der Waals surface area contributed by atoms with Gasteiger partial charge in [-0.2, -0.15) is 0 Å². The summed E-state index contributed by atoms with van der Waals surface area (Å²) >= 11 is 11.9. The molecule has 1 aromatic carbocycles. The normalized spacial score (nSPS) is 19.1. The van der Waals surface area contributed by atoms with Crippen molar-refractivity contribution in [1.82, 2.24) is 15.6 Å². The zero-order valence-electron chi connectivity index (χ0n) is 13.9. The molecule has 25 heavy (non-hydrogen) atoms. The molecule has 0 amide bonds. The van der Waals surface area contributed by atoms with Crippen LogP contribution in [0.5, 0.6) is 0 Å². The van der Waals surface area contributed by atoms with Gasteiger partial charge in [0.05, 0.1) is 0 Å². The van der Waals surface area contributed by atoms with E-state index in [1.165, 1.54) is 5.56 Å². The highest BCUT2D eigenvalue weighted by Crippen LogP contribution is 2.41. The number of hydrogen-bond donors (Lipinski definition) is 2. The zero-order valence-corrected chi connectivity index (χ0v) is 17.7. The van der Waals surface area contributed by atoms with Crippen LogP contribution in [0.1, 0.15) is 23.5 Å².